The number of rotatable bonds is 1. The fraction of sp³-hybridized carbons (Fsp3) is 0.750. The minimum Gasteiger partial charge on any atom is -0.467 e. The minimum absolute atomic E-state index is 0.819. The van der Waals surface area contributed by atoms with Crippen molar-refractivity contribution in [3.63, 3.8) is 0 Å². The summed E-state index contributed by atoms with van der Waals surface area (Å²) in [6.07, 6.45) is -1.50. The summed E-state index contributed by atoms with van der Waals surface area (Å²) in [7, 11) is 1.15. The summed E-state index contributed by atoms with van der Waals surface area (Å²) in [5.41, 5.74) is 0. The van der Waals surface area contributed by atoms with Crippen LogP contribution in [-0.4, -0.2) is 19.3 Å². The first-order chi connectivity index (χ1) is 3.18. The first-order valence-electron chi connectivity index (χ1n) is 1.90. The Hall–Kier alpha value is -0.600. The summed E-state index contributed by atoms with van der Waals surface area (Å²) >= 11 is 0. The highest BCUT2D eigenvalue weighted by atomic mass is 18.2. The molecule has 0 radical (unpaired) electrons. The predicted octanol–water partition coefficient (Wildman–Crippen LogP) is 0.517. The number of halogens is 1. The summed E-state index contributed by atoms with van der Waals surface area (Å²) in [6, 6.07) is 0. The molecule has 0 heterocycles. The molecular formula is C4H7FO2. The standard InChI is InChI=1S/C4H7FO2/c1-3(5)4(6)7-2/h3H,1-2H3/i5-1. The van der Waals surface area contributed by atoms with Gasteiger partial charge in [0.2, 0.25) is 0 Å². The lowest BCUT2D eigenvalue weighted by Crippen LogP contribution is -2.12. The van der Waals surface area contributed by atoms with E-state index in [1.165, 1.54) is 0 Å². The van der Waals surface area contributed by atoms with Gasteiger partial charge >= 0.3 is 5.97 Å². The molecule has 0 N–H and O–H groups in total. The smallest absolute Gasteiger partial charge is 0.340 e. The zero-order valence-electron chi connectivity index (χ0n) is 4.27. The highest BCUT2D eigenvalue weighted by molar-refractivity contribution is 5.73. The van der Waals surface area contributed by atoms with E-state index in [1.54, 1.807) is 0 Å². The first kappa shape index (κ1) is 6.40. The van der Waals surface area contributed by atoms with Gasteiger partial charge in [0.1, 0.15) is 0 Å². The van der Waals surface area contributed by atoms with E-state index in [4.69, 9.17) is 0 Å². The van der Waals surface area contributed by atoms with Crippen LogP contribution in [0, 0.1) is 0 Å². The lowest BCUT2D eigenvalue weighted by molar-refractivity contribution is -0.145. The van der Waals surface area contributed by atoms with Crippen LogP contribution in [0.15, 0.2) is 0 Å². The number of hydrogen-bond acceptors (Lipinski definition) is 2. The average Bonchev–Trinajstić information content (AvgIpc) is 1.65. The molecule has 0 bridgehead atoms. The minimum atomic E-state index is -1.50. The van der Waals surface area contributed by atoms with Gasteiger partial charge in [-0.1, -0.05) is 0 Å². The molecular weight excluding hydrogens is 98.0 g/mol. The topological polar surface area (TPSA) is 26.3 Å². The lowest BCUT2D eigenvalue weighted by atomic mass is 10.5. The van der Waals surface area contributed by atoms with Gasteiger partial charge in [0.25, 0.3) is 0 Å². The molecule has 0 aromatic rings. The van der Waals surface area contributed by atoms with E-state index >= 15 is 0 Å². The molecule has 1 unspecified atom stereocenters. The van der Waals surface area contributed by atoms with E-state index < -0.39 is 12.1 Å². The van der Waals surface area contributed by atoms with Gasteiger partial charge in [-0.2, -0.15) is 0 Å². The summed E-state index contributed by atoms with van der Waals surface area (Å²) < 4.78 is 15.6. The maximum Gasteiger partial charge on any atom is 0.340 e. The third-order valence-electron chi connectivity index (χ3n) is 0.526. The second-order valence-corrected chi connectivity index (χ2v) is 1.14. The number of alkyl halides is 1. The third-order valence-corrected chi connectivity index (χ3v) is 0.526. The molecule has 0 aliphatic carbocycles. The van der Waals surface area contributed by atoms with Gasteiger partial charge in [-0.15, -0.1) is 0 Å². The molecule has 0 aliphatic heterocycles. The fourth-order valence-corrected chi connectivity index (χ4v) is 0.162. The van der Waals surface area contributed by atoms with Gasteiger partial charge in [-0.25, -0.2) is 9.18 Å². The SMILES string of the molecule is COC(=O)C(C)[18F]. The summed E-state index contributed by atoms with van der Waals surface area (Å²) in [5, 5.41) is 0. The molecule has 0 aromatic heterocycles. The Morgan fingerprint density at radius 1 is 1.86 bits per heavy atom. The van der Waals surface area contributed by atoms with Crippen LogP contribution in [-0.2, 0) is 9.53 Å². The van der Waals surface area contributed by atoms with E-state index in [-0.39, 0.29) is 0 Å². The second-order valence-electron chi connectivity index (χ2n) is 1.14. The molecule has 42 valence electrons. The molecule has 0 aromatic carbocycles. The fourth-order valence-electron chi connectivity index (χ4n) is 0.162. The van der Waals surface area contributed by atoms with Crippen LogP contribution in [0.2, 0.25) is 0 Å². The average molecular weight is 105 g/mol. The Kier molecular flexibility index (Phi) is 2.33. The number of ether oxygens (including phenoxy) is 1. The molecule has 0 aliphatic rings. The number of carbonyl (C=O) groups is 1. The molecule has 0 spiro atoms. The van der Waals surface area contributed by atoms with E-state index in [2.05, 4.69) is 4.74 Å². The molecule has 2 nitrogen and oxygen atoms in total. The van der Waals surface area contributed by atoms with Crippen molar-refractivity contribution in [3.05, 3.63) is 0 Å². The Bertz CT molecular complexity index is 70.1. The maximum absolute atomic E-state index is 11.6. The van der Waals surface area contributed by atoms with Gasteiger partial charge in [0.05, 0.1) is 7.11 Å². The van der Waals surface area contributed by atoms with Crippen molar-refractivity contribution in [1.82, 2.24) is 0 Å². The highest BCUT2D eigenvalue weighted by Crippen LogP contribution is 1.88. The van der Waals surface area contributed by atoms with Gasteiger partial charge in [0, 0.05) is 0 Å². The monoisotopic (exact) mass is 105 g/mol. The number of carbonyl (C=O) groups excluding carboxylic acids is 1. The van der Waals surface area contributed by atoms with E-state index in [0.717, 1.165) is 14.0 Å². The van der Waals surface area contributed by atoms with Crippen LogP contribution in [0.1, 0.15) is 6.92 Å². The predicted molar refractivity (Wildman–Crippen MR) is 22.6 cm³/mol. The van der Waals surface area contributed by atoms with Crippen LogP contribution < -0.4 is 0 Å². The quantitative estimate of drug-likeness (QED) is 0.454. The number of esters is 1. The Balaban J connectivity index is 3.35. The largest absolute Gasteiger partial charge is 0.467 e. The molecule has 3 heteroatoms. The van der Waals surface area contributed by atoms with Gasteiger partial charge < -0.3 is 4.74 Å². The van der Waals surface area contributed by atoms with Gasteiger partial charge in [-0.05, 0) is 6.92 Å². The molecule has 0 fully saturated rings. The zero-order chi connectivity index (χ0) is 5.86. The third kappa shape index (κ3) is 2.14. The van der Waals surface area contributed by atoms with Crippen LogP contribution >= 0.6 is 0 Å². The van der Waals surface area contributed by atoms with Crippen LogP contribution in [0.5, 0.6) is 0 Å². The lowest BCUT2D eigenvalue weighted by Gasteiger charge is -1.94. The van der Waals surface area contributed by atoms with Crippen molar-refractivity contribution in [2.75, 3.05) is 7.11 Å². The van der Waals surface area contributed by atoms with Crippen molar-refractivity contribution >= 4 is 5.97 Å². The molecule has 7 heavy (non-hydrogen) atoms. The summed E-state index contributed by atoms with van der Waals surface area (Å²) in [5.74, 6) is -0.819. The molecule has 0 saturated carbocycles. The van der Waals surface area contributed by atoms with Crippen molar-refractivity contribution in [1.29, 1.82) is 0 Å². The molecule has 0 saturated heterocycles. The van der Waals surface area contributed by atoms with E-state index in [1.807, 2.05) is 0 Å². The summed E-state index contributed by atoms with van der Waals surface area (Å²) in [4.78, 5) is 9.91. The summed E-state index contributed by atoms with van der Waals surface area (Å²) in [6.45, 7) is 1.13. The van der Waals surface area contributed by atoms with Gasteiger partial charge in [-0.3, -0.25) is 0 Å². The number of hydrogen-bond donors (Lipinski definition) is 0. The van der Waals surface area contributed by atoms with Crippen molar-refractivity contribution in [2.24, 2.45) is 0 Å². The van der Waals surface area contributed by atoms with Crippen LogP contribution in [0.3, 0.4) is 0 Å². The van der Waals surface area contributed by atoms with Crippen LogP contribution in [0.4, 0.5) is 4.39 Å². The molecule has 0 rings (SSSR count). The maximum atomic E-state index is 11.6. The Morgan fingerprint density at radius 2 is 2.29 bits per heavy atom. The molecule has 0 amide bonds. The van der Waals surface area contributed by atoms with Crippen LogP contribution in [0.25, 0.3) is 0 Å². The second kappa shape index (κ2) is 2.55. The van der Waals surface area contributed by atoms with Crippen molar-refractivity contribution in [3.8, 4) is 0 Å². The molecule has 1 atom stereocenters. The number of methoxy groups -OCH3 is 1. The van der Waals surface area contributed by atoms with Crippen molar-refractivity contribution < 1.29 is 13.9 Å². The van der Waals surface area contributed by atoms with Gasteiger partial charge in [0.15, 0.2) is 6.17 Å². The van der Waals surface area contributed by atoms with E-state index in [0.29, 0.717) is 0 Å². The normalized spacial score (nSPS) is 13.0. The zero-order valence-corrected chi connectivity index (χ0v) is 4.27. The van der Waals surface area contributed by atoms with Crippen molar-refractivity contribution in [2.45, 2.75) is 13.1 Å². The Morgan fingerprint density at radius 3 is 2.29 bits per heavy atom. The first-order valence-corrected chi connectivity index (χ1v) is 1.90. The van der Waals surface area contributed by atoms with E-state index in [9.17, 15) is 9.18 Å². The Labute approximate surface area is 41.3 Å². The highest BCUT2D eigenvalue weighted by Gasteiger charge is 2.08.